The Kier molecular flexibility index (Phi) is 3.71. The molecule has 2 aromatic rings. The Morgan fingerprint density at radius 2 is 2.05 bits per heavy atom. The lowest BCUT2D eigenvalue weighted by Crippen LogP contribution is -2.06. The normalized spacial score (nSPS) is 13.9. The van der Waals surface area contributed by atoms with Crippen LogP contribution in [0, 0.1) is 4.77 Å². The molecule has 0 radical (unpaired) electrons. The van der Waals surface area contributed by atoms with Gasteiger partial charge in [-0.25, -0.2) is 0 Å². The first kappa shape index (κ1) is 14.1. The van der Waals surface area contributed by atoms with Gasteiger partial charge in [-0.1, -0.05) is 13.3 Å². The van der Waals surface area contributed by atoms with Crippen molar-refractivity contribution in [2.75, 3.05) is 0 Å². The number of aromatic nitrogens is 2. The summed E-state index contributed by atoms with van der Waals surface area (Å²) in [5, 5.41) is 0. The van der Waals surface area contributed by atoms with E-state index in [4.69, 9.17) is 12.2 Å². The van der Waals surface area contributed by atoms with E-state index in [1.165, 1.54) is 6.07 Å². The van der Waals surface area contributed by atoms with E-state index in [2.05, 4.69) is 11.9 Å². The van der Waals surface area contributed by atoms with Crippen molar-refractivity contribution >= 4 is 23.3 Å². The van der Waals surface area contributed by atoms with Crippen molar-refractivity contribution in [2.24, 2.45) is 0 Å². The van der Waals surface area contributed by atoms with Gasteiger partial charge in [-0.3, -0.25) is 0 Å². The van der Waals surface area contributed by atoms with Crippen LogP contribution in [0.3, 0.4) is 0 Å². The van der Waals surface area contributed by atoms with Gasteiger partial charge in [-0.15, -0.1) is 0 Å². The summed E-state index contributed by atoms with van der Waals surface area (Å²) in [6.45, 7) is 4.08. The van der Waals surface area contributed by atoms with Gasteiger partial charge in [0.25, 0.3) is 0 Å². The molecule has 1 unspecified atom stereocenters. The first-order valence-electron chi connectivity index (χ1n) is 6.16. The minimum Gasteiger partial charge on any atom is -0.331 e. The third-order valence-electron chi connectivity index (χ3n) is 3.19. The summed E-state index contributed by atoms with van der Waals surface area (Å²) < 4.78 is 40.3. The molecule has 0 spiro atoms. The molecule has 1 aromatic heterocycles. The fourth-order valence-corrected chi connectivity index (χ4v) is 2.68. The molecule has 2 nitrogen and oxygen atoms in total. The number of H-pyrrole nitrogens is 1. The number of imidazole rings is 1. The third-order valence-corrected chi connectivity index (χ3v) is 3.49. The molecule has 19 heavy (non-hydrogen) atoms. The molecule has 6 heteroatoms. The second kappa shape index (κ2) is 5.00. The first-order chi connectivity index (χ1) is 8.84. The summed E-state index contributed by atoms with van der Waals surface area (Å²) in [6, 6.07) is 3.86. The predicted molar refractivity (Wildman–Crippen MR) is 71.7 cm³/mol. The van der Waals surface area contributed by atoms with E-state index in [0.29, 0.717) is 10.3 Å². The van der Waals surface area contributed by atoms with Crippen molar-refractivity contribution in [1.82, 2.24) is 9.55 Å². The Morgan fingerprint density at radius 1 is 1.37 bits per heavy atom. The van der Waals surface area contributed by atoms with Gasteiger partial charge in [0.1, 0.15) is 0 Å². The van der Waals surface area contributed by atoms with Gasteiger partial charge in [0.2, 0.25) is 0 Å². The molecule has 1 N–H and O–H groups in total. The zero-order valence-electron chi connectivity index (χ0n) is 10.7. The van der Waals surface area contributed by atoms with Gasteiger partial charge in [0.05, 0.1) is 16.6 Å². The molecular formula is C13H15F3N2S. The van der Waals surface area contributed by atoms with Crippen molar-refractivity contribution in [2.45, 2.75) is 38.9 Å². The van der Waals surface area contributed by atoms with Crippen LogP contribution in [0.1, 0.15) is 38.3 Å². The van der Waals surface area contributed by atoms with Crippen LogP contribution in [0.4, 0.5) is 13.2 Å². The topological polar surface area (TPSA) is 20.7 Å². The summed E-state index contributed by atoms with van der Waals surface area (Å²) in [4.78, 5) is 2.86. The monoisotopic (exact) mass is 288 g/mol. The fraction of sp³-hybridized carbons (Fsp3) is 0.462. The zero-order chi connectivity index (χ0) is 14.2. The number of hydrogen-bond donors (Lipinski definition) is 1. The number of nitrogens with one attached hydrogen (secondary N) is 1. The number of rotatable bonds is 3. The lowest BCUT2D eigenvalue weighted by Gasteiger charge is -2.13. The molecule has 0 amide bonds. The lowest BCUT2D eigenvalue weighted by atomic mass is 10.1. The molecular weight excluding hydrogens is 273 g/mol. The number of aromatic amines is 1. The van der Waals surface area contributed by atoms with Gasteiger partial charge >= 0.3 is 6.18 Å². The maximum absolute atomic E-state index is 12.7. The second-order valence-electron chi connectivity index (χ2n) is 4.67. The zero-order valence-corrected chi connectivity index (χ0v) is 11.5. The van der Waals surface area contributed by atoms with Gasteiger partial charge < -0.3 is 9.55 Å². The minimum absolute atomic E-state index is 0.169. The largest absolute Gasteiger partial charge is 0.416 e. The maximum atomic E-state index is 12.7. The Bertz CT molecular complexity index is 639. The molecule has 0 aliphatic heterocycles. The number of nitrogens with zero attached hydrogens (tertiary/aromatic N) is 1. The van der Waals surface area contributed by atoms with Crippen LogP contribution in [-0.2, 0) is 6.18 Å². The smallest absolute Gasteiger partial charge is 0.331 e. The second-order valence-corrected chi connectivity index (χ2v) is 5.05. The number of alkyl halides is 3. The Hall–Kier alpha value is -1.30. The molecule has 1 atom stereocenters. The van der Waals surface area contributed by atoms with Gasteiger partial charge in [-0.2, -0.15) is 13.2 Å². The number of hydrogen-bond acceptors (Lipinski definition) is 1. The Labute approximate surface area is 114 Å². The SMILES string of the molecule is CCCC(C)n1c(=S)[nH]c2cc(C(F)(F)F)ccc21. The average Bonchev–Trinajstić information content (AvgIpc) is 2.62. The third kappa shape index (κ3) is 2.68. The van der Waals surface area contributed by atoms with E-state index in [1.807, 2.05) is 11.5 Å². The van der Waals surface area contributed by atoms with Gasteiger partial charge in [0, 0.05) is 6.04 Å². The van der Waals surface area contributed by atoms with Crippen molar-refractivity contribution in [1.29, 1.82) is 0 Å². The van der Waals surface area contributed by atoms with E-state index in [0.717, 1.165) is 30.5 Å². The van der Waals surface area contributed by atoms with E-state index in [-0.39, 0.29) is 6.04 Å². The Balaban J connectivity index is 2.57. The van der Waals surface area contributed by atoms with Crippen LogP contribution in [0.15, 0.2) is 18.2 Å². The predicted octanol–water partition coefficient (Wildman–Crippen LogP) is 5.08. The summed E-state index contributed by atoms with van der Waals surface area (Å²) in [5.74, 6) is 0. The summed E-state index contributed by atoms with van der Waals surface area (Å²) >= 11 is 5.21. The molecule has 0 aliphatic rings. The van der Waals surface area contributed by atoms with E-state index < -0.39 is 11.7 Å². The minimum atomic E-state index is -4.33. The molecule has 0 saturated heterocycles. The van der Waals surface area contributed by atoms with Crippen LogP contribution in [-0.4, -0.2) is 9.55 Å². The van der Waals surface area contributed by atoms with Crippen LogP contribution in [0.25, 0.3) is 11.0 Å². The summed E-state index contributed by atoms with van der Waals surface area (Å²) in [6.07, 6.45) is -2.40. The number of fused-ring (bicyclic) bond motifs is 1. The van der Waals surface area contributed by atoms with E-state index in [1.54, 1.807) is 0 Å². The van der Waals surface area contributed by atoms with Crippen LogP contribution in [0.5, 0.6) is 0 Å². The number of halogens is 3. The Morgan fingerprint density at radius 3 is 2.63 bits per heavy atom. The molecule has 0 saturated carbocycles. The van der Waals surface area contributed by atoms with Crippen LogP contribution >= 0.6 is 12.2 Å². The fourth-order valence-electron chi connectivity index (χ4n) is 2.29. The lowest BCUT2D eigenvalue weighted by molar-refractivity contribution is -0.137. The molecule has 0 fully saturated rings. The first-order valence-corrected chi connectivity index (χ1v) is 6.57. The molecule has 1 aromatic carbocycles. The molecule has 0 bridgehead atoms. The molecule has 104 valence electrons. The van der Waals surface area contributed by atoms with Gasteiger partial charge in [0.15, 0.2) is 4.77 Å². The van der Waals surface area contributed by atoms with Crippen molar-refractivity contribution < 1.29 is 13.2 Å². The van der Waals surface area contributed by atoms with Crippen molar-refractivity contribution in [3.63, 3.8) is 0 Å². The molecule has 1 heterocycles. The highest BCUT2D eigenvalue weighted by atomic mass is 32.1. The quantitative estimate of drug-likeness (QED) is 0.781. The average molecular weight is 288 g/mol. The van der Waals surface area contributed by atoms with Crippen LogP contribution in [0.2, 0.25) is 0 Å². The maximum Gasteiger partial charge on any atom is 0.416 e. The summed E-state index contributed by atoms with van der Waals surface area (Å²) in [7, 11) is 0. The van der Waals surface area contributed by atoms with Gasteiger partial charge in [-0.05, 0) is 43.8 Å². The standard InChI is InChI=1S/C13H15F3N2S/c1-3-4-8(2)18-11-6-5-9(13(14,15)16)7-10(11)17-12(18)19/h5-8H,3-4H2,1-2H3,(H,17,19). The van der Waals surface area contributed by atoms with E-state index >= 15 is 0 Å². The van der Waals surface area contributed by atoms with Crippen molar-refractivity contribution in [3.05, 3.63) is 28.5 Å². The van der Waals surface area contributed by atoms with Crippen molar-refractivity contribution in [3.8, 4) is 0 Å². The highest BCUT2D eigenvalue weighted by molar-refractivity contribution is 7.71. The number of benzene rings is 1. The molecule has 2 rings (SSSR count). The highest BCUT2D eigenvalue weighted by Gasteiger charge is 2.30. The summed E-state index contributed by atoms with van der Waals surface area (Å²) in [5.41, 5.74) is 0.494. The highest BCUT2D eigenvalue weighted by Crippen LogP contribution is 2.32. The van der Waals surface area contributed by atoms with E-state index in [9.17, 15) is 13.2 Å². The molecule has 0 aliphatic carbocycles. The van der Waals surface area contributed by atoms with Crippen LogP contribution < -0.4 is 0 Å².